The Morgan fingerprint density at radius 2 is 1.62 bits per heavy atom. The number of carbonyl (C=O) groups is 3. The molecule has 0 aliphatic heterocycles. The zero-order valence-corrected chi connectivity index (χ0v) is 23.5. The number of carbonyl (C=O) groups excluding carboxylic acids is 3. The number of phosphoric ester groups is 1. The number of methoxy groups -OCH3 is 1. The van der Waals surface area contributed by atoms with Gasteiger partial charge in [0.2, 0.25) is 11.8 Å². The van der Waals surface area contributed by atoms with Crippen molar-refractivity contribution in [1.29, 1.82) is 0 Å². The molecule has 0 saturated heterocycles. The van der Waals surface area contributed by atoms with E-state index in [-0.39, 0.29) is 29.6 Å². The van der Waals surface area contributed by atoms with Crippen molar-refractivity contribution in [3.8, 4) is 5.75 Å². The van der Waals surface area contributed by atoms with Crippen molar-refractivity contribution in [2.75, 3.05) is 20.3 Å². The fourth-order valence-electron chi connectivity index (χ4n) is 3.72. The molecule has 2 atom stereocenters. The van der Waals surface area contributed by atoms with Crippen LogP contribution in [0.2, 0.25) is 0 Å². The van der Waals surface area contributed by atoms with Gasteiger partial charge in [-0.2, -0.15) is 0 Å². The fourth-order valence-corrected chi connectivity index (χ4v) is 4.12. The number of hydrogen-bond donors (Lipinski definition) is 5. The van der Waals surface area contributed by atoms with Gasteiger partial charge in [-0.25, -0.2) is 9.41 Å². The highest BCUT2D eigenvalue weighted by molar-refractivity contribution is 7.46. The minimum absolute atomic E-state index is 0.0117. The number of nitrogens with one attached hydrogen (secondary N) is 3. The second kappa shape index (κ2) is 15.7. The smallest absolute Gasteiger partial charge is 0.404 e. The normalized spacial score (nSPS) is 12.6. The van der Waals surface area contributed by atoms with E-state index in [9.17, 15) is 18.9 Å². The van der Waals surface area contributed by atoms with Gasteiger partial charge in [-0.3, -0.25) is 24.2 Å². The molecule has 216 valence electrons. The molecule has 0 aliphatic rings. The minimum Gasteiger partial charge on any atom is -0.404 e. The highest BCUT2D eigenvalue weighted by atomic mass is 31.2. The van der Waals surface area contributed by atoms with E-state index < -0.39 is 31.7 Å². The Labute approximate surface area is 233 Å². The summed E-state index contributed by atoms with van der Waals surface area (Å²) in [7, 11) is -3.17. The minimum atomic E-state index is -4.74. The highest BCUT2D eigenvalue weighted by Crippen LogP contribution is 2.37. The van der Waals surface area contributed by atoms with Crippen LogP contribution in [0.1, 0.15) is 42.6 Å². The predicted molar refractivity (Wildman–Crippen MR) is 148 cm³/mol. The summed E-state index contributed by atoms with van der Waals surface area (Å²) in [6.45, 7) is 11.8. The third-order valence-electron chi connectivity index (χ3n) is 5.63. The molecule has 13 heteroatoms. The van der Waals surface area contributed by atoms with Gasteiger partial charge in [0.25, 0.3) is 5.91 Å². The number of rotatable bonds is 15. The van der Waals surface area contributed by atoms with Crippen molar-refractivity contribution in [2.45, 2.75) is 45.2 Å². The van der Waals surface area contributed by atoms with Crippen LogP contribution in [0.4, 0.5) is 5.69 Å². The Morgan fingerprint density at radius 1 is 0.975 bits per heavy atom. The molecule has 0 bridgehead atoms. The van der Waals surface area contributed by atoms with Crippen molar-refractivity contribution in [3.63, 3.8) is 0 Å². The molecule has 0 aromatic heterocycles. The third-order valence-corrected chi connectivity index (χ3v) is 6.08. The lowest BCUT2D eigenvalue weighted by Crippen LogP contribution is -2.54. The molecule has 2 rings (SSSR count). The molecule has 2 aromatic rings. The van der Waals surface area contributed by atoms with E-state index in [2.05, 4.69) is 25.3 Å². The molecule has 0 aliphatic carbocycles. The van der Waals surface area contributed by atoms with Gasteiger partial charge in [-0.05, 0) is 36.5 Å². The summed E-state index contributed by atoms with van der Waals surface area (Å²) in [5, 5.41) is 8.26. The zero-order chi connectivity index (χ0) is 29.7. The molecule has 0 radical (unpaired) electrons. The Kier molecular flexibility index (Phi) is 12.8. The number of phosphoric acid groups is 1. The Hall–Kier alpha value is -3.75. The van der Waals surface area contributed by atoms with Crippen LogP contribution in [-0.2, 0) is 25.3 Å². The SMILES string of the molecule is [C-]#[N+]c1ccc(C(=O)NC(Cc2ccc(OP(=O)(O)O)cc2)C(=O)NC(CC(C)C)C(=O)NCCCOC)cc1. The van der Waals surface area contributed by atoms with Crippen LogP contribution in [0, 0.1) is 12.5 Å². The van der Waals surface area contributed by atoms with Gasteiger partial charge in [-0.15, -0.1) is 0 Å². The second-order valence-electron chi connectivity index (χ2n) is 9.44. The lowest BCUT2D eigenvalue weighted by molar-refractivity contribution is -0.130. The van der Waals surface area contributed by atoms with Gasteiger partial charge < -0.3 is 25.2 Å². The maximum Gasteiger partial charge on any atom is 0.524 e. The lowest BCUT2D eigenvalue weighted by atomic mass is 10.0. The van der Waals surface area contributed by atoms with E-state index in [0.29, 0.717) is 37.2 Å². The summed E-state index contributed by atoms with van der Waals surface area (Å²) in [5.74, 6) is -1.46. The Morgan fingerprint density at radius 3 is 2.17 bits per heavy atom. The Bertz CT molecular complexity index is 1220. The molecule has 0 fully saturated rings. The molecule has 2 unspecified atom stereocenters. The van der Waals surface area contributed by atoms with Crippen molar-refractivity contribution in [3.05, 3.63) is 71.1 Å². The summed E-state index contributed by atoms with van der Waals surface area (Å²) in [6.07, 6.45) is 0.990. The summed E-state index contributed by atoms with van der Waals surface area (Å²) in [5.41, 5.74) is 1.16. The predicted octanol–water partition coefficient (Wildman–Crippen LogP) is 2.73. The fraction of sp³-hybridized carbons (Fsp3) is 0.407. The third kappa shape index (κ3) is 11.6. The van der Waals surface area contributed by atoms with Gasteiger partial charge in [0, 0.05) is 32.2 Å². The Balaban J connectivity index is 2.25. The first kappa shape index (κ1) is 32.5. The lowest BCUT2D eigenvalue weighted by Gasteiger charge is -2.24. The first-order valence-corrected chi connectivity index (χ1v) is 14.1. The largest absolute Gasteiger partial charge is 0.524 e. The first-order chi connectivity index (χ1) is 18.9. The molecule has 5 N–H and O–H groups in total. The van der Waals surface area contributed by atoms with Crippen molar-refractivity contribution >= 4 is 31.2 Å². The number of benzene rings is 2. The molecular weight excluding hydrogens is 539 g/mol. The maximum atomic E-state index is 13.4. The number of ether oxygens (including phenoxy) is 1. The van der Waals surface area contributed by atoms with Crippen LogP contribution in [0.5, 0.6) is 5.75 Å². The quantitative estimate of drug-likeness (QED) is 0.123. The molecule has 0 spiro atoms. The van der Waals surface area contributed by atoms with Gasteiger partial charge in [-0.1, -0.05) is 50.2 Å². The molecular formula is C27H35N4O8P. The van der Waals surface area contributed by atoms with E-state index in [1.54, 1.807) is 7.11 Å². The summed E-state index contributed by atoms with van der Waals surface area (Å²) in [6, 6.07) is 9.68. The molecule has 40 heavy (non-hydrogen) atoms. The van der Waals surface area contributed by atoms with Crippen LogP contribution in [0.3, 0.4) is 0 Å². The van der Waals surface area contributed by atoms with E-state index in [1.807, 2.05) is 13.8 Å². The average molecular weight is 575 g/mol. The van der Waals surface area contributed by atoms with E-state index >= 15 is 0 Å². The van der Waals surface area contributed by atoms with Crippen LogP contribution in [-0.4, -0.2) is 59.9 Å². The highest BCUT2D eigenvalue weighted by Gasteiger charge is 2.28. The first-order valence-electron chi connectivity index (χ1n) is 12.6. The number of amides is 3. The topological polar surface area (TPSA) is 168 Å². The molecule has 0 saturated carbocycles. The monoisotopic (exact) mass is 574 g/mol. The maximum absolute atomic E-state index is 13.4. The number of nitrogens with zero attached hydrogens (tertiary/aromatic N) is 1. The summed E-state index contributed by atoms with van der Waals surface area (Å²) >= 11 is 0. The van der Waals surface area contributed by atoms with Crippen molar-refractivity contribution in [2.24, 2.45) is 5.92 Å². The molecule has 0 heterocycles. The molecule has 3 amide bonds. The van der Waals surface area contributed by atoms with Gasteiger partial charge in [0.1, 0.15) is 17.8 Å². The molecule has 12 nitrogen and oxygen atoms in total. The van der Waals surface area contributed by atoms with Crippen molar-refractivity contribution < 1.29 is 38.0 Å². The van der Waals surface area contributed by atoms with Gasteiger partial charge >= 0.3 is 7.82 Å². The van der Waals surface area contributed by atoms with E-state index in [4.69, 9.17) is 21.1 Å². The van der Waals surface area contributed by atoms with Crippen LogP contribution in [0.15, 0.2) is 48.5 Å². The summed E-state index contributed by atoms with van der Waals surface area (Å²) in [4.78, 5) is 60.6. The van der Waals surface area contributed by atoms with Gasteiger partial charge in [0.05, 0.1) is 6.57 Å². The zero-order valence-electron chi connectivity index (χ0n) is 22.6. The average Bonchev–Trinajstić information content (AvgIpc) is 2.90. The summed E-state index contributed by atoms with van der Waals surface area (Å²) < 4.78 is 20.7. The second-order valence-corrected chi connectivity index (χ2v) is 10.6. The van der Waals surface area contributed by atoms with E-state index in [0.717, 1.165) is 0 Å². The van der Waals surface area contributed by atoms with E-state index in [1.165, 1.54) is 48.5 Å². The number of hydrogen-bond acceptors (Lipinski definition) is 6. The van der Waals surface area contributed by atoms with Crippen LogP contribution < -0.4 is 20.5 Å². The molecule has 2 aromatic carbocycles. The van der Waals surface area contributed by atoms with Crippen molar-refractivity contribution in [1.82, 2.24) is 16.0 Å². The van der Waals surface area contributed by atoms with Crippen LogP contribution >= 0.6 is 7.82 Å². The van der Waals surface area contributed by atoms with Gasteiger partial charge in [0.15, 0.2) is 5.69 Å². The standard InChI is InChI=1S/C27H35N4O8P/c1-18(2)16-23(26(33)29-14-5-15-38-4)31-27(34)24(30-25(32)20-8-10-21(28-3)11-9-20)17-19-6-12-22(13-7-19)39-40(35,36)37/h6-13,18,23-24H,5,14-17H2,1-2,4H3,(H,29,33)(H,30,32)(H,31,34)(H2,35,36,37). The van der Waals surface area contributed by atoms with Crippen LogP contribution in [0.25, 0.3) is 4.85 Å².